The van der Waals surface area contributed by atoms with Crippen LogP contribution in [0.4, 0.5) is 0 Å². The second-order valence-corrected chi connectivity index (χ2v) is 8.06. The third-order valence-electron chi connectivity index (χ3n) is 4.00. The summed E-state index contributed by atoms with van der Waals surface area (Å²) in [4.78, 5) is 29.2. The number of ether oxygens (including phenoxy) is 1. The fraction of sp³-hybridized carbons (Fsp3) is 0.227. The molecular weight excluding hydrogens is 404 g/mol. The van der Waals surface area contributed by atoms with E-state index < -0.39 is 0 Å². The number of thiazole rings is 1. The SMILES string of the molecule is C#CCn1c(=NC(=O)CSCc2ccccc2)sc2cc(C(=O)OCC)ccc21. The lowest BCUT2D eigenvalue weighted by molar-refractivity contribution is -0.115. The van der Waals surface area contributed by atoms with Crippen molar-refractivity contribution in [3.63, 3.8) is 0 Å². The molecule has 0 spiro atoms. The Morgan fingerprint density at radius 3 is 2.76 bits per heavy atom. The fourth-order valence-electron chi connectivity index (χ4n) is 2.71. The quantitative estimate of drug-likeness (QED) is 0.427. The lowest BCUT2D eigenvalue weighted by Gasteiger charge is -2.03. The zero-order chi connectivity index (χ0) is 20.6. The van der Waals surface area contributed by atoms with Crippen LogP contribution in [0.25, 0.3) is 10.2 Å². The van der Waals surface area contributed by atoms with Gasteiger partial charge in [-0.1, -0.05) is 47.6 Å². The van der Waals surface area contributed by atoms with E-state index >= 15 is 0 Å². The molecule has 0 N–H and O–H groups in total. The second-order valence-electron chi connectivity index (χ2n) is 6.06. The molecule has 0 unspecified atom stereocenters. The Bertz CT molecular complexity index is 1120. The topological polar surface area (TPSA) is 60.7 Å². The number of aromatic nitrogens is 1. The molecule has 1 aromatic heterocycles. The Hall–Kier alpha value is -2.82. The molecular formula is C22H20N2O3S2. The van der Waals surface area contributed by atoms with Gasteiger partial charge in [-0.05, 0) is 30.7 Å². The predicted molar refractivity (Wildman–Crippen MR) is 118 cm³/mol. The molecule has 0 saturated carbocycles. The summed E-state index contributed by atoms with van der Waals surface area (Å²) < 4.78 is 7.70. The molecule has 1 heterocycles. The van der Waals surface area contributed by atoms with E-state index in [9.17, 15) is 9.59 Å². The number of terminal acetylenes is 1. The molecule has 0 fully saturated rings. The number of thioether (sulfide) groups is 1. The molecule has 0 radical (unpaired) electrons. The van der Waals surface area contributed by atoms with Crippen molar-refractivity contribution in [1.82, 2.24) is 4.57 Å². The van der Waals surface area contributed by atoms with Crippen LogP contribution in [0.15, 0.2) is 53.5 Å². The number of benzene rings is 2. The number of fused-ring (bicyclic) bond motifs is 1. The molecule has 3 rings (SSSR count). The molecule has 5 nitrogen and oxygen atoms in total. The summed E-state index contributed by atoms with van der Waals surface area (Å²) in [7, 11) is 0. The minimum absolute atomic E-state index is 0.214. The Kier molecular flexibility index (Phi) is 7.28. The van der Waals surface area contributed by atoms with Gasteiger partial charge in [-0.25, -0.2) is 4.79 Å². The molecule has 148 valence electrons. The van der Waals surface area contributed by atoms with E-state index in [1.165, 1.54) is 28.7 Å². The molecule has 0 aliphatic rings. The summed E-state index contributed by atoms with van der Waals surface area (Å²) in [5.41, 5.74) is 2.47. The van der Waals surface area contributed by atoms with Crippen LogP contribution in [-0.2, 0) is 21.8 Å². The van der Waals surface area contributed by atoms with Gasteiger partial charge in [0.15, 0.2) is 4.80 Å². The number of rotatable bonds is 7. The number of hydrogen-bond acceptors (Lipinski definition) is 5. The maximum Gasteiger partial charge on any atom is 0.338 e. The van der Waals surface area contributed by atoms with Crippen LogP contribution in [0.2, 0.25) is 0 Å². The molecule has 3 aromatic rings. The summed E-state index contributed by atoms with van der Waals surface area (Å²) >= 11 is 2.86. The van der Waals surface area contributed by atoms with Crippen LogP contribution < -0.4 is 4.80 Å². The highest BCUT2D eigenvalue weighted by Gasteiger charge is 2.12. The van der Waals surface area contributed by atoms with Crippen LogP contribution in [0.1, 0.15) is 22.8 Å². The van der Waals surface area contributed by atoms with E-state index in [-0.39, 0.29) is 17.6 Å². The van der Waals surface area contributed by atoms with Gasteiger partial charge in [-0.2, -0.15) is 4.99 Å². The third-order valence-corrected chi connectivity index (χ3v) is 6.03. The first-order valence-corrected chi connectivity index (χ1v) is 11.0. The first-order valence-electron chi connectivity index (χ1n) is 9.05. The Balaban J connectivity index is 1.82. The van der Waals surface area contributed by atoms with Gasteiger partial charge in [0, 0.05) is 5.75 Å². The highest BCUT2D eigenvalue weighted by molar-refractivity contribution is 7.99. The third kappa shape index (κ3) is 5.37. The Labute approximate surface area is 177 Å². The average Bonchev–Trinajstić information content (AvgIpc) is 3.05. The van der Waals surface area contributed by atoms with E-state index in [0.29, 0.717) is 23.5 Å². The van der Waals surface area contributed by atoms with Gasteiger partial charge in [-0.3, -0.25) is 4.79 Å². The van der Waals surface area contributed by atoms with E-state index in [0.717, 1.165) is 16.0 Å². The smallest absolute Gasteiger partial charge is 0.338 e. The highest BCUT2D eigenvalue weighted by Crippen LogP contribution is 2.20. The normalized spacial score (nSPS) is 11.4. The number of carbonyl (C=O) groups excluding carboxylic acids is 2. The molecule has 7 heteroatoms. The monoisotopic (exact) mass is 424 g/mol. The zero-order valence-corrected chi connectivity index (χ0v) is 17.6. The number of hydrogen-bond donors (Lipinski definition) is 0. The van der Waals surface area contributed by atoms with Crippen molar-refractivity contribution in [2.24, 2.45) is 4.99 Å². The van der Waals surface area contributed by atoms with Crippen molar-refractivity contribution < 1.29 is 14.3 Å². The fourth-order valence-corrected chi connectivity index (χ4v) is 4.57. The first kappa shape index (κ1) is 20.9. The molecule has 0 saturated heterocycles. The summed E-state index contributed by atoms with van der Waals surface area (Å²) in [6.45, 7) is 2.37. The van der Waals surface area contributed by atoms with Crippen LogP contribution in [-0.4, -0.2) is 28.8 Å². The summed E-state index contributed by atoms with van der Waals surface area (Å²) in [5.74, 6) is 3.05. The first-order chi connectivity index (χ1) is 14.1. The largest absolute Gasteiger partial charge is 0.462 e. The molecule has 2 aromatic carbocycles. The second kappa shape index (κ2) is 10.1. The van der Waals surface area contributed by atoms with Crippen molar-refractivity contribution in [2.45, 2.75) is 19.2 Å². The zero-order valence-electron chi connectivity index (χ0n) is 16.0. The van der Waals surface area contributed by atoms with Crippen LogP contribution in [0, 0.1) is 12.3 Å². The number of nitrogens with zero attached hydrogens (tertiary/aromatic N) is 2. The summed E-state index contributed by atoms with van der Waals surface area (Å²) in [6.07, 6.45) is 5.50. The van der Waals surface area contributed by atoms with E-state index in [1.807, 2.05) is 41.0 Å². The maximum atomic E-state index is 12.4. The van der Waals surface area contributed by atoms with Crippen LogP contribution >= 0.6 is 23.1 Å². The van der Waals surface area contributed by atoms with E-state index in [1.54, 1.807) is 19.1 Å². The van der Waals surface area contributed by atoms with Crippen LogP contribution in [0.5, 0.6) is 0 Å². The lowest BCUT2D eigenvalue weighted by Crippen LogP contribution is -2.17. The van der Waals surface area contributed by atoms with Crippen molar-refractivity contribution >= 4 is 45.2 Å². The molecule has 1 amide bonds. The Morgan fingerprint density at radius 2 is 2.03 bits per heavy atom. The van der Waals surface area contributed by atoms with Crippen molar-refractivity contribution in [3.05, 3.63) is 64.5 Å². The number of esters is 1. The predicted octanol–water partition coefficient (Wildman–Crippen LogP) is 3.87. The molecule has 0 aliphatic heterocycles. The standard InChI is InChI=1S/C22H20N2O3S2/c1-3-12-24-18-11-10-17(21(26)27-4-2)13-19(18)29-22(24)23-20(25)15-28-14-16-8-6-5-7-9-16/h1,5-11,13H,4,12,14-15H2,2H3. The van der Waals surface area contributed by atoms with Gasteiger partial charge in [0.05, 0.1) is 34.7 Å². The lowest BCUT2D eigenvalue weighted by atomic mass is 10.2. The van der Waals surface area contributed by atoms with E-state index in [2.05, 4.69) is 10.9 Å². The molecule has 29 heavy (non-hydrogen) atoms. The van der Waals surface area contributed by atoms with Crippen molar-refractivity contribution in [1.29, 1.82) is 0 Å². The summed E-state index contributed by atoms with van der Waals surface area (Å²) in [6, 6.07) is 15.2. The Morgan fingerprint density at radius 1 is 1.24 bits per heavy atom. The van der Waals surface area contributed by atoms with Crippen molar-refractivity contribution in [2.75, 3.05) is 12.4 Å². The van der Waals surface area contributed by atoms with Gasteiger partial charge in [0.2, 0.25) is 0 Å². The van der Waals surface area contributed by atoms with Gasteiger partial charge < -0.3 is 9.30 Å². The van der Waals surface area contributed by atoms with Gasteiger partial charge >= 0.3 is 5.97 Å². The minimum atomic E-state index is -0.377. The van der Waals surface area contributed by atoms with Crippen LogP contribution in [0.3, 0.4) is 0 Å². The maximum absolute atomic E-state index is 12.4. The minimum Gasteiger partial charge on any atom is -0.462 e. The number of amides is 1. The average molecular weight is 425 g/mol. The number of carbonyl (C=O) groups is 2. The summed E-state index contributed by atoms with van der Waals surface area (Å²) in [5, 5.41) is 0. The highest BCUT2D eigenvalue weighted by atomic mass is 32.2. The van der Waals surface area contributed by atoms with Gasteiger partial charge in [0.25, 0.3) is 5.91 Å². The molecule has 0 aliphatic carbocycles. The van der Waals surface area contributed by atoms with E-state index in [4.69, 9.17) is 11.2 Å². The molecule has 0 bridgehead atoms. The van der Waals surface area contributed by atoms with Gasteiger partial charge in [0.1, 0.15) is 0 Å². The molecule has 0 atom stereocenters. The van der Waals surface area contributed by atoms with Crippen molar-refractivity contribution in [3.8, 4) is 12.3 Å². The van der Waals surface area contributed by atoms with Gasteiger partial charge in [-0.15, -0.1) is 18.2 Å².